The molecule has 1 N–H and O–H groups in total. The first-order valence-electron chi connectivity index (χ1n) is 6.23. The summed E-state index contributed by atoms with van der Waals surface area (Å²) < 4.78 is 39.8. The lowest BCUT2D eigenvalue weighted by Crippen LogP contribution is -2.10. The van der Waals surface area contributed by atoms with Gasteiger partial charge < -0.3 is 5.11 Å². The zero-order valence-electron chi connectivity index (χ0n) is 10.7. The highest BCUT2D eigenvalue weighted by molar-refractivity contribution is 5.93. The Morgan fingerprint density at radius 2 is 1.48 bits per heavy atom. The Morgan fingerprint density at radius 1 is 0.857 bits per heavy atom. The lowest BCUT2D eigenvalue weighted by atomic mass is 9.99. The average molecular weight is 289 g/mol. The maximum Gasteiger partial charge on any atom is 0.434 e. The third-order valence-electron chi connectivity index (χ3n) is 3.20. The number of hydrogen-bond donors (Lipinski definition) is 1. The summed E-state index contributed by atoms with van der Waals surface area (Å²) in [5.41, 5.74) is -0.978. The second-order valence-corrected chi connectivity index (χ2v) is 4.56. The molecule has 0 fully saturated rings. The van der Waals surface area contributed by atoms with E-state index in [4.69, 9.17) is 0 Å². The van der Waals surface area contributed by atoms with Gasteiger partial charge in [-0.25, -0.2) is 4.98 Å². The van der Waals surface area contributed by atoms with Gasteiger partial charge >= 0.3 is 6.18 Å². The number of alkyl halides is 3. The monoisotopic (exact) mass is 289 g/mol. The van der Waals surface area contributed by atoms with Crippen molar-refractivity contribution in [1.29, 1.82) is 0 Å². The number of para-hydroxylation sites is 1. The molecular formula is C16H10F3NO. The summed E-state index contributed by atoms with van der Waals surface area (Å²) in [5.74, 6) is -0.404. The predicted octanol–water partition coefficient (Wildman–Crippen LogP) is 4.63. The van der Waals surface area contributed by atoms with Crippen molar-refractivity contribution in [2.75, 3.05) is 0 Å². The van der Waals surface area contributed by atoms with Crippen LogP contribution in [0.25, 0.3) is 22.0 Å². The lowest BCUT2D eigenvalue weighted by molar-refractivity contribution is -0.140. The van der Waals surface area contributed by atoms with Gasteiger partial charge in [-0.3, -0.25) is 0 Å². The van der Waals surface area contributed by atoms with Gasteiger partial charge in [0.25, 0.3) is 0 Å². The van der Waals surface area contributed by atoms with Gasteiger partial charge in [-0.15, -0.1) is 0 Å². The van der Waals surface area contributed by atoms with E-state index in [0.29, 0.717) is 5.39 Å². The van der Waals surface area contributed by atoms with E-state index in [-0.39, 0.29) is 16.6 Å². The predicted molar refractivity (Wildman–Crippen MR) is 73.8 cm³/mol. The van der Waals surface area contributed by atoms with Gasteiger partial charge in [0, 0.05) is 5.39 Å². The molecule has 1 heterocycles. The van der Waals surface area contributed by atoms with Gasteiger partial charge in [-0.05, 0) is 17.7 Å². The van der Waals surface area contributed by atoms with Crippen LogP contribution >= 0.6 is 0 Å². The molecule has 0 radical (unpaired) electrons. The number of pyridine rings is 1. The topological polar surface area (TPSA) is 33.1 Å². The van der Waals surface area contributed by atoms with E-state index in [1.807, 2.05) is 0 Å². The maximum atomic E-state index is 13.3. The summed E-state index contributed by atoms with van der Waals surface area (Å²) in [5, 5.41) is 10.6. The molecule has 0 aliphatic carbocycles. The van der Waals surface area contributed by atoms with Crippen LogP contribution in [0.3, 0.4) is 0 Å². The second kappa shape index (κ2) is 4.77. The minimum atomic E-state index is -4.65. The third-order valence-corrected chi connectivity index (χ3v) is 3.20. The first-order chi connectivity index (χ1) is 9.98. The molecule has 5 heteroatoms. The highest BCUT2D eigenvalue weighted by atomic mass is 19.4. The molecule has 0 aliphatic rings. The molecule has 3 rings (SSSR count). The molecule has 0 atom stereocenters. The van der Waals surface area contributed by atoms with Crippen molar-refractivity contribution < 1.29 is 18.3 Å². The van der Waals surface area contributed by atoms with Crippen molar-refractivity contribution in [3.63, 3.8) is 0 Å². The summed E-state index contributed by atoms with van der Waals surface area (Å²) >= 11 is 0. The largest absolute Gasteiger partial charge is 0.507 e. The highest BCUT2D eigenvalue weighted by Gasteiger charge is 2.37. The molecule has 0 bridgehead atoms. The maximum absolute atomic E-state index is 13.3. The quantitative estimate of drug-likeness (QED) is 0.708. The van der Waals surface area contributed by atoms with Crippen molar-refractivity contribution >= 4 is 10.9 Å². The Labute approximate surface area is 118 Å². The zero-order chi connectivity index (χ0) is 15.0. The summed E-state index contributed by atoms with van der Waals surface area (Å²) in [7, 11) is 0. The molecule has 0 aliphatic heterocycles. The van der Waals surface area contributed by atoms with Crippen molar-refractivity contribution in [2.45, 2.75) is 6.18 Å². The van der Waals surface area contributed by atoms with E-state index in [1.54, 1.807) is 36.4 Å². The summed E-state index contributed by atoms with van der Waals surface area (Å²) in [6.07, 6.45) is -4.65. The number of hydrogen-bond acceptors (Lipinski definition) is 2. The van der Waals surface area contributed by atoms with Crippen LogP contribution in [-0.2, 0) is 6.18 Å². The number of fused-ring (bicyclic) bond motifs is 1. The zero-order valence-corrected chi connectivity index (χ0v) is 10.7. The molecule has 0 unspecified atom stereocenters. The fraction of sp³-hybridized carbons (Fsp3) is 0.0625. The standard InChI is InChI=1S/C16H10F3NO/c17-16(18,19)15-13(10-6-2-1-3-7-10)14(21)11-8-4-5-9-12(11)20-15/h1-9H,(H,20,21). The van der Waals surface area contributed by atoms with E-state index in [9.17, 15) is 18.3 Å². The molecular weight excluding hydrogens is 279 g/mol. The van der Waals surface area contributed by atoms with Gasteiger partial charge in [0.2, 0.25) is 0 Å². The number of halogens is 3. The fourth-order valence-corrected chi connectivity index (χ4v) is 2.28. The Kier molecular flexibility index (Phi) is 3.05. The molecule has 1 aromatic heterocycles. The van der Waals surface area contributed by atoms with E-state index < -0.39 is 17.6 Å². The Bertz CT molecular complexity index is 798. The molecule has 0 saturated heterocycles. The number of benzene rings is 2. The number of rotatable bonds is 1. The molecule has 2 aromatic carbocycles. The molecule has 2 nitrogen and oxygen atoms in total. The molecule has 0 saturated carbocycles. The van der Waals surface area contributed by atoms with E-state index in [1.165, 1.54) is 18.2 Å². The van der Waals surface area contributed by atoms with Crippen LogP contribution in [0.1, 0.15) is 5.69 Å². The van der Waals surface area contributed by atoms with Crippen LogP contribution in [0, 0.1) is 0 Å². The van der Waals surface area contributed by atoms with Gasteiger partial charge in [-0.1, -0.05) is 42.5 Å². The fourth-order valence-electron chi connectivity index (χ4n) is 2.28. The molecule has 0 amide bonds. The summed E-state index contributed by atoms with van der Waals surface area (Å²) in [6.45, 7) is 0. The highest BCUT2D eigenvalue weighted by Crippen LogP contribution is 2.43. The van der Waals surface area contributed by atoms with Crippen LogP contribution in [0.15, 0.2) is 54.6 Å². The minimum absolute atomic E-state index is 0.113. The number of aromatic hydroxyl groups is 1. The second-order valence-electron chi connectivity index (χ2n) is 4.56. The van der Waals surface area contributed by atoms with Gasteiger partial charge in [0.05, 0.1) is 11.1 Å². The van der Waals surface area contributed by atoms with Gasteiger partial charge in [-0.2, -0.15) is 13.2 Å². The van der Waals surface area contributed by atoms with Crippen LogP contribution in [0.4, 0.5) is 13.2 Å². The SMILES string of the molecule is Oc1c(-c2ccccc2)c(C(F)(F)F)nc2ccccc12. The van der Waals surface area contributed by atoms with Crippen molar-refractivity contribution in [2.24, 2.45) is 0 Å². The van der Waals surface area contributed by atoms with E-state index >= 15 is 0 Å². The minimum Gasteiger partial charge on any atom is -0.507 e. The molecule has 21 heavy (non-hydrogen) atoms. The average Bonchev–Trinajstić information content (AvgIpc) is 2.47. The number of aromatic nitrogens is 1. The van der Waals surface area contributed by atoms with Crippen LogP contribution in [0.2, 0.25) is 0 Å². The Hall–Kier alpha value is -2.56. The summed E-state index contributed by atoms with van der Waals surface area (Å²) in [4.78, 5) is 3.70. The van der Waals surface area contributed by atoms with E-state index in [0.717, 1.165) is 0 Å². The van der Waals surface area contributed by atoms with Gasteiger partial charge in [0.1, 0.15) is 5.75 Å². The number of nitrogens with zero attached hydrogens (tertiary/aromatic N) is 1. The normalized spacial score (nSPS) is 11.8. The van der Waals surface area contributed by atoms with Crippen LogP contribution in [-0.4, -0.2) is 10.1 Å². The molecule has 3 aromatic rings. The Morgan fingerprint density at radius 3 is 2.14 bits per heavy atom. The Balaban J connectivity index is 2.43. The smallest absolute Gasteiger partial charge is 0.434 e. The van der Waals surface area contributed by atoms with Crippen molar-refractivity contribution in [3.8, 4) is 16.9 Å². The van der Waals surface area contributed by atoms with Crippen LogP contribution in [0.5, 0.6) is 5.75 Å². The first-order valence-corrected chi connectivity index (χ1v) is 6.23. The molecule has 0 spiro atoms. The lowest BCUT2D eigenvalue weighted by Gasteiger charge is -2.15. The third kappa shape index (κ3) is 2.31. The molecule has 106 valence electrons. The van der Waals surface area contributed by atoms with Crippen molar-refractivity contribution in [1.82, 2.24) is 4.98 Å². The first kappa shape index (κ1) is 13.4. The van der Waals surface area contributed by atoms with E-state index in [2.05, 4.69) is 4.98 Å². The van der Waals surface area contributed by atoms with Crippen LogP contribution < -0.4 is 0 Å². The van der Waals surface area contributed by atoms with Crippen molar-refractivity contribution in [3.05, 3.63) is 60.3 Å². The summed E-state index contributed by atoms with van der Waals surface area (Å²) in [6, 6.07) is 14.2. The van der Waals surface area contributed by atoms with Gasteiger partial charge in [0.15, 0.2) is 5.69 Å².